The third-order valence-electron chi connectivity index (χ3n) is 10.0. The molecule has 284 valence electrons. The van der Waals surface area contributed by atoms with E-state index in [1.807, 2.05) is 24.5 Å². The van der Waals surface area contributed by atoms with Crippen molar-refractivity contribution in [2.24, 2.45) is 0 Å². The summed E-state index contributed by atoms with van der Waals surface area (Å²) in [5, 5.41) is 7.49. The predicted molar refractivity (Wildman–Crippen MR) is 229 cm³/mol. The van der Waals surface area contributed by atoms with Gasteiger partial charge in [0.25, 0.3) is 0 Å². The van der Waals surface area contributed by atoms with E-state index in [2.05, 4.69) is 180 Å². The summed E-state index contributed by atoms with van der Waals surface area (Å²) in [6.45, 7) is 3.97. The molecule has 2 atom stereocenters. The first-order valence-electron chi connectivity index (χ1n) is 19.0. The lowest BCUT2D eigenvalue weighted by molar-refractivity contribution is 0.402. The molecule has 0 fully saturated rings. The first kappa shape index (κ1) is 39.0. The van der Waals surface area contributed by atoms with Crippen LogP contribution in [0.2, 0.25) is 0 Å². The van der Waals surface area contributed by atoms with Crippen LogP contribution in [0.5, 0.6) is 0 Å². The maximum absolute atomic E-state index is 4.74. The number of aromatic nitrogens is 2. The van der Waals surface area contributed by atoms with Gasteiger partial charge in [-0.1, -0.05) is 97.1 Å². The smallest absolute Gasteiger partial charge is 0.156 e. The van der Waals surface area contributed by atoms with Gasteiger partial charge < -0.3 is 35.7 Å². The zero-order chi connectivity index (χ0) is 37.3. The van der Waals surface area contributed by atoms with Crippen molar-refractivity contribution in [3.05, 3.63) is 168 Å². The highest BCUT2D eigenvalue weighted by atomic mass is 16.0. The van der Waals surface area contributed by atoms with Crippen LogP contribution in [-0.2, 0) is 0 Å². The Morgan fingerprint density at radius 1 is 0.491 bits per heavy atom. The third-order valence-corrected chi connectivity index (χ3v) is 10.0. The van der Waals surface area contributed by atoms with Gasteiger partial charge in [-0.05, 0) is 102 Å². The van der Waals surface area contributed by atoms with Gasteiger partial charge in [0.2, 0.25) is 0 Å². The summed E-state index contributed by atoms with van der Waals surface area (Å²) < 4.78 is 0. The minimum Gasteiger partial charge on any atom is -0.412 e. The Morgan fingerprint density at radius 2 is 0.873 bits per heavy atom. The molecule has 0 saturated heterocycles. The second kappa shape index (κ2) is 18.5. The first-order chi connectivity index (χ1) is 26.5. The van der Waals surface area contributed by atoms with Crippen molar-refractivity contribution in [2.75, 3.05) is 74.8 Å². The van der Waals surface area contributed by atoms with Crippen LogP contribution in [0, 0.1) is 0 Å². The molecule has 0 radical (unpaired) electrons. The number of para-hydroxylation sites is 2. The van der Waals surface area contributed by atoms with Crippen molar-refractivity contribution >= 4 is 34.4 Å². The maximum atomic E-state index is 4.74. The Kier molecular flexibility index (Phi) is 13.1. The van der Waals surface area contributed by atoms with E-state index in [1.165, 1.54) is 33.6 Å². The van der Waals surface area contributed by atoms with Gasteiger partial charge in [-0.15, -0.1) is 0 Å². The average Bonchev–Trinajstić information content (AvgIpc) is 3.44. The van der Waals surface area contributed by atoms with Crippen LogP contribution in [0.3, 0.4) is 0 Å². The van der Waals surface area contributed by atoms with E-state index in [9.17, 15) is 0 Å². The van der Waals surface area contributed by atoms with Crippen molar-refractivity contribution in [2.45, 2.75) is 24.9 Å². The SMILES string of the molecule is CN(C)CCCN1c2ccccc2C(c2ccccc2)Nc2cccnc21.CN(C)CCCN1c2ccccc2C(c2ccccc2)Nc2cccnc21.O. The van der Waals surface area contributed by atoms with Crippen molar-refractivity contribution in [3.8, 4) is 0 Å². The summed E-state index contributed by atoms with van der Waals surface area (Å²) in [5.41, 5.74) is 9.70. The quantitative estimate of drug-likeness (QED) is 0.145. The summed E-state index contributed by atoms with van der Waals surface area (Å²) in [5.74, 6) is 2.00. The second-order valence-corrected chi connectivity index (χ2v) is 14.5. The predicted octanol–water partition coefficient (Wildman–Crippen LogP) is 8.55. The van der Waals surface area contributed by atoms with Gasteiger partial charge >= 0.3 is 0 Å². The lowest BCUT2D eigenvalue weighted by Crippen LogP contribution is -2.24. The van der Waals surface area contributed by atoms with E-state index in [-0.39, 0.29) is 17.6 Å². The standard InChI is InChI=1S/2C23H26N4.H2O/c2*1-26(2)16-9-17-27-21-14-7-6-12-19(21)22(18-10-4-3-5-11-18)25-20-13-8-15-24-23(20)27;/h2*3-8,10-15,22,25H,9,16-17H2,1-2H3;1H2. The highest BCUT2D eigenvalue weighted by Crippen LogP contribution is 2.44. The van der Waals surface area contributed by atoms with E-state index in [0.717, 1.165) is 62.0 Å². The minimum absolute atomic E-state index is 0. The van der Waals surface area contributed by atoms with Crippen LogP contribution >= 0.6 is 0 Å². The zero-order valence-electron chi connectivity index (χ0n) is 32.4. The fraction of sp³-hybridized carbons (Fsp3) is 0.261. The summed E-state index contributed by atoms with van der Waals surface area (Å²) in [6.07, 6.45) is 5.91. The molecule has 4 N–H and O–H groups in total. The van der Waals surface area contributed by atoms with Gasteiger partial charge in [0.05, 0.1) is 23.5 Å². The highest BCUT2D eigenvalue weighted by molar-refractivity contribution is 5.80. The molecular formula is C46H54N8O. The molecule has 4 aromatic carbocycles. The Labute approximate surface area is 326 Å². The number of nitrogens with zero attached hydrogens (tertiary/aromatic N) is 6. The fourth-order valence-electron chi connectivity index (χ4n) is 7.46. The molecule has 0 aliphatic carbocycles. The van der Waals surface area contributed by atoms with Crippen molar-refractivity contribution < 1.29 is 5.48 Å². The van der Waals surface area contributed by atoms with Crippen LogP contribution in [-0.4, -0.2) is 79.6 Å². The monoisotopic (exact) mass is 734 g/mol. The number of hydrogen-bond donors (Lipinski definition) is 2. The molecule has 2 aliphatic rings. The van der Waals surface area contributed by atoms with Gasteiger partial charge in [0.15, 0.2) is 11.6 Å². The average molecular weight is 735 g/mol. The van der Waals surface area contributed by atoms with Crippen LogP contribution < -0.4 is 20.4 Å². The summed E-state index contributed by atoms with van der Waals surface area (Å²) in [6, 6.07) is 47.1. The largest absolute Gasteiger partial charge is 0.412 e. The number of fused-ring (bicyclic) bond motifs is 4. The topological polar surface area (TPSA) is 94.3 Å². The zero-order valence-corrected chi connectivity index (χ0v) is 32.4. The Balaban J connectivity index is 0.000000184. The summed E-state index contributed by atoms with van der Waals surface area (Å²) in [4.78, 5) is 18.7. The van der Waals surface area contributed by atoms with Crippen LogP contribution in [0.25, 0.3) is 0 Å². The van der Waals surface area contributed by atoms with Crippen LogP contribution in [0.4, 0.5) is 34.4 Å². The fourth-order valence-corrected chi connectivity index (χ4v) is 7.46. The lowest BCUT2D eigenvalue weighted by Gasteiger charge is -2.26. The first-order valence-corrected chi connectivity index (χ1v) is 19.0. The molecule has 0 spiro atoms. The molecule has 4 heterocycles. The molecule has 9 nitrogen and oxygen atoms in total. The van der Waals surface area contributed by atoms with E-state index in [0.29, 0.717) is 0 Å². The third kappa shape index (κ3) is 9.15. The Hall–Kier alpha value is -5.74. The molecule has 2 aromatic heterocycles. The van der Waals surface area contributed by atoms with Gasteiger partial charge in [0, 0.05) is 48.0 Å². The van der Waals surface area contributed by atoms with Crippen LogP contribution in [0.15, 0.2) is 146 Å². The molecule has 55 heavy (non-hydrogen) atoms. The highest BCUT2D eigenvalue weighted by Gasteiger charge is 2.29. The summed E-state index contributed by atoms with van der Waals surface area (Å²) >= 11 is 0. The van der Waals surface area contributed by atoms with E-state index < -0.39 is 0 Å². The van der Waals surface area contributed by atoms with Crippen LogP contribution in [0.1, 0.15) is 47.2 Å². The number of pyridine rings is 2. The van der Waals surface area contributed by atoms with Gasteiger partial charge in [-0.3, -0.25) is 0 Å². The minimum atomic E-state index is 0. The van der Waals surface area contributed by atoms with E-state index >= 15 is 0 Å². The molecule has 0 amide bonds. The molecule has 0 saturated carbocycles. The molecule has 8 rings (SSSR count). The molecule has 2 unspecified atom stereocenters. The van der Waals surface area contributed by atoms with Gasteiger partial charge in [-0.25, -0.2) is 9.97 Å². The maximum Gasteiger partial charge on any atom is 0.156 e. The normalized spacial score (nSPS) is 15.4. The Bertz CT molecular complexity index is 1940. The van der Waals surface area contributed by atoms with Gasteiger partial charge in [0.1, 0.15) is 0 Å². The number of hydrogen-bond acceptors (Lipinski definition) is 8. The number of nitrogens with one attached hydrogen (secondary N) is 2. The van der Waals surface area contributed by atoms with E-state index in [1.54, 1.807) is 0 Å². The lowest BCUT2D eigenvalue weighted by atomic mass is 9.97. The van der Waals surface area contributed by atoms with Gasteiger partial charge in [-0.2, -0.15) is 0 Å². The van der Waals surface area contributed by atoms with Crippen molar-refractivity contribution in [1.29, 1.82) is 0 Å². The Morgan fingerprint density at radius 3 is 1.27 bits per heavy atom. The number of benzene rings is 4. The second-order valence-electron chi connectivity index (χ2n) is 14.5. The van der Waals surface area contributed by atoms with Crippen molar-refractivity contribution in [3.63, 3.8) is 0 Å². The molecule has 6 aromatic rings. The summed E-state index contributed by atoms with van der Waals surface area (Å²) in [7, 11) is 8.48. The molecule has 0 bridgehead atoms. The molecule has 9 heteroatoms. The molecule has 2 aliphatic heterocycles. The molecular weight excluding hydrogens is 681 g/mol. The van der Waals surface area contributed by atoms with E-state index in [4.69, 9.17) is 9.97 Å². The number of rotatable bonds is 10. The number of anilines is 6. The van der Waals surface area contributed by atoms with Crippen molar-refractivity contribution in [1.82, 2.24) is 19.8 Å².